The fourth-order valence-corrected chi connectivity index (χ4v) is 8.44. The number of hydrogen-bond donors (Lipinski definition) is 1. The molecule has 5 heteroatoms. The molecule has 204 valence electrons. The third kappa shape index (κ3) is 6.40. The lowest BCUT2D eigenvalue weighted by Gasteiger charge is -2.42. The van der Waals surface area contributed by atoms with Crippen LogP contribution in [0, 0.1) is 47.3 Å². The van der Waals surface area contributed by atoms with Gasteiger partial charge in [-0.2, -0.15) is 0 Å². The molecule has 0 heterocycles. The van der Waals surface area contributed by atoms with Crippen LogP contribution in [0.25, 0.3) is 0 Å². The van der Waals surface area contributed by atoms with Crippen LogP contribution < -0.4 is 0 Å². The van der Waals surface area contributed by atoms with Crippen molar-refractivity contribution in [1.82, 2.24) is 0 Å². The molecule has 0 aromatic rings. The number of aliphatic hydroxyl groups is 1. The summed E-state index contributed by atoms with van der Waals surface area (Å²) in [5, 5.41) is 10.8. The van der Waals surface area contributed by atoms with Crippen LogP contribution in [0.5, 0.6) is 0 Å². The first-order valence-corrected chi connectivity index (χ1v) is 15.0. The monoisotopic (exact) mass is 502 g/mol. The predicted octanol–water partition coefficient (Wildman–Crippen LogP) is 8.58. The van der Waals surface area contributed by atoms with E-state index in [0.717, 1.165) is 70.1 Å². The van der Waals surface area contributed by atoms with Gasteiger partial charge in [0.05, 0.1) is 6.10 Å². The molecule has 0 aromatic heterocycles. The molecular weight excluding hydrogens is 452 g/mol. The number of rotatable bonds is 7. The molecule has 0 aliphatic heterocycles. The zero-order valence-corrected chi connectivity index (χ0v) is 22.1. The lowest BCUT2D eigenvalue weighted by Crippen LogP contribution is -2.43. The Hall–Kier alpha value is -0.320. The van der Waals surface area contributed by atoms with Crippen molar-refractivity contribution >= 4 is 0 Å². The highest BCUT2D eigenvalue weighted by atomic mass is 19.2. The summed E-state index contributed by atoms with van der Waals surface area (Å²) in [6.45, 7) is 4.03. The molecule has 0 bridgehead atoms. The number of halogens is 4. The second kappa shape index (κ2) is 12.5. The molecule has 0 radical (unpaired) electrons. The quantitative estimate of drug-likeness (QED) is 0.346. The van der Waals surface area contributed by atoms with Crippen molar-refractivity contribution in [3.63, 3.8) is 0 Å². The van der Waals surface area contributed by atoms with Gasteiger partial charge in [0, 0.05) is 0 Å². The van der Waals surface area contributed by atoms with Crippen molar-refractivity contribution < 1.29 is 22.7 Å². The minimum absolute atomic E-state index is 0.120. The third-order valence-corrected chi connectivity index (χ3v) is 11.1. The second-order valence-corrected chi connectivity index (χ2v) is 13.0. The third-order valence-electron chi connectivity index (χ3n) is 11.1. The van der Waals surface area contributed by atoms with Gasteiger partial charge < -0.3 is 5.11 Å². The number of aliphatic hydroxyl groups excluding tert-OH is 1. The molecule has 1 N–H and O–H groups in total. The van der Waals surface area contributed by atoms with Crippen LogP contribution in [0.15, 0.2) is 0 Å². The molecule has 4 aliphatic carbocycles. The molecule has 0 spiro atoms. The van der Waals surface area contributed by atoms with E-state index >= 15 is 8.78 Å². The topological polar surface area (TPSA) is 20.2 Å². The van der Waals surface area contributed by atoms with Crippen molar-refractivity contribution in [2.45, 2.75) is 141 Å². The molecule has 0 amide bonds. The highest BCUT2D eigenvalue weighted by molar-refractivity contribution is 4.94. The van der Waals surface area contributed by atoms with E-state index in [9.17, 15) is 13.9 Å². The second-order valence-electron chi connectivity index (χ2n) is 13.0. The highest BCUT2D eigenvalue weighted by Crippen LogP contribution is 2.47. The maximum Gasteiger partial charge on any atom is 0.134 e. The van der Waals surface area contributed by atoms with Crippen LogP contribution in [-0.2, 0) is 0 Å². The summed E-state index contributed by atoms with van der Waals surface area (Å²) in [6.07, 6.45) is 7.19. The highest BCUT2D eigenvalue weighted by Gasteiger charge is 2.45. The number of alkyl halides is 4. The summed E-state index contributed by atoms with van der Waals surface area (Å²) in [5.41, 5.74) is 0. The Balaban J connectivity index is 1.18. The lowest BCUT2D eigenvalue weighted by molar-refractivity contribution is -0.0263. The first-order valence-electron chi connectivity index (χ1n) is 15.0. The molecule has 0 aromatic carbocycles. The Labute approximate surface area is 211 Å². The zero-order chi connectivity index (χ0) is 25.1. The van der Waals surface area contributed by atoms with E-state index in [1.54, 1.807) is 6.92 Å². The molecule has 1 nitrogen and oxygen atoms in total. The summed E-state index contributed by atoms with van der Waals surface area (Å²) in [5.74, 6) is 0.707. The van der Waals surface area contributed by atoms with Crippen LogP contribution in [0.3, 0.4) is 0 Å². The fraction of sp³-hybridized carbons (Fsp3) is 1.00. The van der Waals surface area contributed by atoms with E-state index in [1.807, 2.05) is 0 Å². The van der Waals surface area contributed by atoms with Crippen molar-refractivity contribution in [2.24, 2.45) is 47.3 Å². The Morgan fingerprint density at radius 2 is 1.20 bits per heavy atom. The maximum absolute atomic E-state index is 15.1. The van der Waals surface area contributed by atoms with Gasteiger partial charge in [-0.25, -0.2) is 17.6 Å². The zero-order valence-electron chi connectivity index (χ0n) is 22.1. The van der Waals surface area contributed by atoms with E-state index in [-0.39, 0.29) is 35.5 Å². The maximum atomic E-state index is 15.1. The van der Waals surface area contributed by atoms with Gasteiger partial charge in [0.15, 0.2) is 0 Å². The van der Waals surface area contributed by atoms with E-state index in [4.69, 9.17) is 0 Å². The molecule has 4 rings (SSSR count). The average molecular weight is 503 g/mol. The fourth-order valence-electron chi connectivity index (χ4n) is 8.44. The molecular formula is C30H50F4O. The molecule has 9 atom stereocenters. The van der Waals surface area contributed by atoms with Gasteiger partial charge in [-0.3, -0.25) is 0 Å². The summed E-state index contributed by atoms with van der Waals surface area (Å²) in [7, 11) is 0. The number of hydrogen-bond acceptors (Lipinski definition) is 1. The molecule has 0 saturated heterocycles. The van der Waals surface area contributed by atoms with Crippen LogP contribution in [0.4, 0.5) is 17.6 Å². The first kappa shape index (κ1) is 27.7. The standard InChI is InChI=1S/C30H50F4O/c1-3-19-5-7-20(8-6-19)25-16-13-23(28(32)30(25)34)14-17-26(35)22-11-9-21(10-12-22)24-15-4-18(2)27(31)29(24)33/h18-30,35H,3-17H2,1-2H3. The van der Waals surface area contributed by atoms with Gasteiger partial charge >= 0.3 is 0 Å². The van der Waals surface area contributed by atoms with Gasteiger partial charge in [0.2, 0.25) is 0 Å². The smallest absolute Gasteiger partial charge is 0.134 e. The van der Waals surface area contributed by atoms with Crippen molar-refractivity contribution in [2.75, 3.05) is 0 Å². The predicted molar refractivity (Wildman–Crippen MR) is 134 cm³/mol. The van der Waals surface area contributed by atoms with Gasteiger partial charge in [-0.1, -0.05) is 33.1 Å². The van der Waals surface area contributed by atoms with E-state index < -0.39 is 30.8 Å². The lowest BCUT2D eigenvalue weighted by atomic mass is 9.66. The SMILES string of the molecule is CCC1CCC(C2CCC(CCC(O)C3CCC(C4CCC(C)C(F)C4F)CC3)C(F)C2F)CC1. The van der Waals surface area contributed by atoms with E-state index in [1.165, 1.54) is 19.3 Å². The largest absolute Gasteiger partial charge is 0.393 e. The minimum atomic E-state index is -1.40. The Morgan fingerprint density at radius 3 is 1.80 bits per heavy atom. The Bertz CT molecular complexity index is 630. The van der Waals surface area contributed by atoms with Gasteiger partial charge in [0.1, 0.15) is 24.7 Å². The van der Waals surface area contributed by atoms with Crippen molar-refractivity contribution in [3.05, 3.63) is 0 Å². The van der Waals surface area contributed by atoms with Crippen molar-refractivity contribution in [3.8, 4) is 0 Å². The van der Waals surface area contributed by atoms with Crippen LogP contribution >= 0.6 is 0 Å². The van der Waals surface area contributed by atoms with Crippen LogP contribution in [-0.4, -0.2) is 35.9 Å². The van der Waals surface area contributed by atoms with Crippen LogP contribution in [0.1, 0.15) is 110 Å². The molecule has 35 heavy (non-hydrogen) atoms. The van der Waals surface area contributed by atoms with Gasteiger partial charge in [-0.15, -0.1) is 0 Å². The summed E-state index contributed by atoms with van der Waals surface area (Å²) in [4.78, 5) is 0. The van der Waals surface area contributed by atoms with Crippen molar-refractivity contribution in [1.29, 1.82) is 0 Å². The van der Waals surface area contributed by atoms with E-state index in [0.29, 0.717) is 18.8 Å². The van der Waals surface area contributed by atoms with Gasteiger partial charge in [-0.05, 0) is 124 Å². The van der Waals surface area contributed by atoms with E-state index in [2.05, 4.69) is 6.92 Å². The Morgan fingerprint density at radius 1 is 0.657 bits per heavy atom. The molecule has 4 aliphatic rings. The van der Waals surface area contributed by atoms with Crippen LogP contribution in [0.2, 0.25) is 0 Å². The molecule has 9 unspecified atom stereocenters. The van der Waals surface area contributed by atoms with Gasteiger partial charge in [0.25, 0.3) is 0 Å². The Kier molecular flexibility index (Phi) is 9.88. The molecule has 4 fully saturated rings. The normalized spacial score (nSPS) is 48.4. The summed E-state index contributed by atoms with van der Waals surface area (Å²) < 4.78 is 59.1. The molecule has 4 saturated carbocycles. The average Bonchev–Trinajstić information content (AvgIpc) is 2.88. The first-order chi connectivity index (χ1) is 16.8. The summed E-state index contributed by atoms with van der Waals surface area (Å²) >= 11 is 0. The minimum Gasteiger partial charge on any atom is -0.393 e. The summed E-state index contributed by atoms with van der Waals surface area (Å²) in [6, 6.07) is 0.